The first-order valence-corrected chi connectivity index (χ1v) is 9.50. The summed E-state index contributed by atoms with van der Waals surface area (Å²) < 4.78 is 5.23. The molecular weight excluding hydrogens is 413 g/mol. The van der Waals surface area contributed by atoms with Gasteiger partial charge in [-0.05, 0) is 49.4 Å². The summed E-state index contributed by atoms with van der Waals surface area (Å²) >= 11 is 11.8. The van der Waals surface area contributed by atoms with Gasteiger partial charge in [0.05, 0.1) is 40.5 Å². The minimum atomic E-state index is -0.354. The number of carbonyl (C=O) groups is 2. The second-order valence-electron chi connectivity index (χ2n) is 6.52. The standard InChI is InChI=1S/C21H19Cl2N3O3/c1-12-16(9-13-8-15(29-3)5-7-19(13)24-12)21(28)26(2)11-20(27)25-14-4-6-17(22)18(23)10-14/h4-10H,11H2,1-3H3,(H,25,27). The second-order valence-corrected chi connectivity index (χ2v) is 7.33. The van der Waals surface area contributed by atoms with E-state index in [-0.39, 0.29) is 18.4 Å². The lowest BCUT2D eigenvalue weighted by Gasteiger charge is -2.18. The van der Waals surface area contributed by atoms with Crippen LogP contribution in [-0.2, 0) is 4.79 Å². The Morgan fingerprint density at radius 3 is 2.55 bits per heavy atom. The number of fused-ring (bicyclic) bond motifs is 1. The molecule has 1 aromatic heterocycles. The van der Waals surface area contributed by atoms with E-state index in [1.54, 1.807) is 45.3 Å². The third kappa shape index (κ3) is 4.78. The van der Waals surface area contributed by atoms with Gasteiger partial charge in [0.15, 0.2) is 0 Å². The fraction of sp³-hybridized carbons (Fsp3) is 0.190. The van der Waals surface area contributed by atoms with E-state index in [2.05, 4.69) is 10.3 Å². The predicted octanol–water partition coefficient (Wildman–Crippen LogP) is 4.57. The molecule has 6 nitrogen and oxygen atoms in total. The van der Waals surface area contributed by atoms with E-state index in [1.807, 2.05) is 18.2 Å². The summed E-state index contributed by atoms with van der Waals surface area (Å²) in [5.41, 5.74) is 2.28. The van der Waals surface area contributed by atoms with E-state index in [0.29, 0.717) is 32.7 Å². The predicted molar refractivity (Wildman–Crippen MR) is 115 cm³/mol. The number of nitrogens with zero attached hydrogens (tertiary/aromatic N) is 2. The average molecular weight is 432 g/mol. The van der Waals surface area contributed by atoms with Crippen LogP contribution < -0.4 is 10.1 Å². The second kappa shape index (κ2) is 8.68. The van der Waals surface area contributed by atoms with Gasteiger partial charge in [-0.1, -0.05) is 23.2 Å². The van der Waals surface area contributed by atoms with Gasteiger partial charge in [0.1, 0.15) is 5.75 Å². The lowest BCUT2D eigenvalue weighted by atomic mass is 10.1. The normalized spacial score (nSPS) is 10.7. The van der Waals surface area contributed by atoms with Crippen LogP contribution in [0.2, 0.25) is 10.0 Å². The molecule has 0 saturated heterocycles. The molecule has 3 rings (SSSR count). The van der Waals surface area contributed by atoms with Gasteiger partial charge in [-0.3, -0.25) is 14.6 Å². The summed E-state index contributed by atoms with van der Waals surface area (Å²) in [7, 11) is 3.14. The molecule has 0 fully saturated rings. The highest BCUT2D eigenvalue weighted by Gasteiger charge is 2.19. The molecule has 0 atom stereocenters. The number of carbonyl (C=O) groups excluding carboxylic acids is 2. The highest BCUT2D eigenvalue weighted by molar-refractivity contribution is 6.42. The number of benzene rings is 2. The number of likely N-dealkylation sites (N-methyl/N-ethyl adjacent to an activating group) is 1. The van der Waals surface area contributed by atoms with Crippen molar-refractivity contribution in [2.45, 2.75) is 6.92 Å². The summed E-state index contributed by atoms with van der Waals surface area (Å²) in [6.07, 6.45) is 0. The number of hydrogen-bond donors (Lipinski definition) is 1. The van der Waals surface area contributed by atoms with Crippen LogP contribution in [0.5, 0.6) is 5.75 Å². The first kappa shape index (κ1) is 20.9. The summed E-state index contributed by atoms with van der Waals surface area (Å²) in [5, 5.41) is 4.21. The summed E-state index contributed by atoms with van der Waals surface area (Å²) in [6.45, 7) is 1.63. The van der Waals surface area contributed by atoms with E-state index < -0.39 is 0 Å². The molecule has 0 saturated carbocycles. The van der Waals surface area contributed by atoms with Gasteiger partial charge < -0.3 is 15.0 Å². The topological polar surface area (TPSA) is 71.5 Å². The van der Waals surface area contributed by atoms with E-state index in [1.165, 1.54) is 4.90 Å². The number of ether oxygens (including phenoxy) is 1. The number of nitrogens with one attached hydrogen (secondary N) is 1. The van der Waals surface area contributed by atoms with Crippen LogP contribution in [0.25, 0.3) is 10.9 Å². The lowest BCUT2D eigenvalue weighted by molar-refractivity contribution is -0.116. The Kier molecular flexibility index (Phi) is 6.25. The summed E-state index contributed by atoms with van der Waals surface area (Å²) in [4.78, 5) is 31.0. The smallest absolute Gasteiger partial charge is 0.255 e. The molecule has 0 bridgehead atoms. The van der Waals surface area contributed by atoms with Gasteiger partial charge >= 0.3 is 0 Å². The number of pyridine rings is 1. The molecule has 1 N–H and O–H groups in total. The fourth-order valence-electron chi connectivity index (χ4n) is 2.86. The molecule has 0 aliphatic carbocycles. The minimum Gasteiger partial charge on any atom is -0.497 e. The van der Waals surface area contributed by atoms with Crippen LogP contribution in [0.15, 0.2) is 42.5 Å². The number of hydrogen-bond acceptors (Lipinski definition) is 4. The number of amides is 2. The summed E-state index contributed by atoms with van der Waals surface area (Å²) in [6, 6.07) is 12.0. The minimum absolute atomic E-state index is 0.130. The van der Waals surface area contributed by atoms with E-state index in [9.17, 15) is 9.59 Å². The monoisotopic (exact) mass is 431 g/mol. The van der Waals surface area contributed by atoms with Gasteiger partial charge in [-0.25, -0.2) is 0 Å². The molecule has 2 aromatic carbocycles. The van der Waals surface area contributed by atoms with Crippen LogP contribution in [-0.4, -0.2) is 42.4 Å². The highest BCUT2D eigenvalue weighted by Crippen LogP contribution is 2.25. The first-order valence-electron chi connectivity index (χ1n) is 8.74. The van der Waals surface area contributed by atoms with Crippen LogP contribution in [0, 0.1) is 6.92 Å². The molecule has 0 spiro atoms. The Morgan fingerprint density at radius 1 is 1.10 bits per heavy atom. The van der Waals surface area contributed by atoms with Crippen LogP contribution >= 0.6 is 23.2 Å². The molecule has 0 aliphatic heterocycles. The van der Waals surface area contributed by atoms with Gasteiger partial charge in [0.25, 0.3) is 5.91 Å². The summed E-state index contributed by atoms with van der Waals surface area (Å²) in [5.74, 6) is 0.0206. The molecule has 2 amide bonds. The molecule has 3 aromatic rings. The number of halogens is 2. The Morgan fingerprint density at radius 2 is 1.86 bits per heavy atom. The van der Waals surface area contributed by atoms with E-state index in [4.69, 9.17) is 27.9 Å². The number of aromatic nitrogens is 1. The number of methoxy groups -OCH3 is 1. The Bertz CT molecular complexity index is 1100. The molecular formula is C21H19Cl2N3O3. The largest absolute Gasteiger partial charge is 0.497 e. The molecule has 0 unspecified atom stereocenters. The van der Waals surface area contributed by atoms with Crippen LogP contribution in [0.1, 0.15) is 16.1 Å². The number of aryl methyl sites for hydroxylation is 1. The molecule has 0 radical (unpaired) electrons. The molecule has 1 heterocycles. The zero-order valence-electron chi connectivity index (χ0n) is 16.1. The van der Waals surface area contributed by atoms with Crippen molar-refractivity contribution >= 4 is 51.6 Å². The zero-order valence-corrected chi connectivity index (χ0v) is 17.6. The maximum atomic E-state index is 12.9. The Labute approximate surface area is 178 Å². The van der Waals surface area contributed by atoms with Crippen molar-refractivity contribution in [2.75, 3.05) is 26.0 Å². The van der Waals surface area contributed by atoms with E-state index >= 15 is 0 Å². The number of anilines is 1. The van der Waals surface area contributed by atoms with Gasteiger partial charge in [-0.2, -0.15) is 0 Å². The lowest BCUT2D eigenvalue weighted by Crippen LogP contribution is -2.35. The third-order valence-corrected chi connectivity index (χ3v) is 5.11. The van der Waals surface area contributed by atoms with Crippen LogP contribution in [0.4, 0.5) is 5.69 Å². The molecule has 8 heteroatoms. The van der Waals surface area contributed by atoms with Gasteiger partial charge in [-0.15, -0.1) is 0 Å². The maximum Gasteiger partial charge on any atom is 0.255 e. The first-order chi connectivity index (χ1) is 13.8. The van der Waals surface area contributed by atoms with Crippen molar-refractivity contribution in [3.63, 3.8) is 0 Å². The van der Waals surface area contributed by atoms with Crippen molar-refractivity contribution in [1.29, 1.82) is 0 Å². The highest BCUT2D eigenvalue weighted by atomic mass is 35.5. The van der Waals surface area contributed by atoms with Crippen molar-refractivity contribution in [2.24, 2.45) is 0 Å². The van der Waals surface area contributed by atoms with Gasteiger partial charge in [0, 0.05) is 18.1 Å². The molecule has 0 aliphatic rings. The van der Waals surface area contributed by atoms with Crippen molar-refractivity contribution in [1.82, 2.24) is 9.88 Å². The maximum absolute atomic E-state index is 12.9. The zero-order chi connectivity index (χ0) is 21.1. The average Bonchev–Trinajstić information content (AvgIpc) is 2.69. The quantitative estimate of drug-likeness (QED) is 0.641. The SMILES string of the molecule is COc1ccc2nc(C)c(C(=O)N(C)CC(=O)Nc3ccc(Cl)c(Cl)c3)cc2c1. The third-order valence-electron chi connectivity index (χ3n) is 4.37. The molecule has 150 valence electrons. The number of rotatable bonds is 5. The fourth-order valence-corrected chi connectivity index (χ4v) is 3.16. The molecule has 29 heavy (non-hydrogen) atoms. The van der Waals surface area contributed by atoms with Crippen molar-refractivity contribution < 1.29 is 14.3 Å². The van der Waals surface area contributed by atoms with Crippen molar-refractivity contribution in [3.05, 3.63) is 63.8 Å². The van der Waals surface area contributed by atoms with Gasteiger partial charge in [0.2, 0.25) is 5.91 Å². The van der Waals surface area contributed by atoms with Crippen molar-refractivity contribution in [3.8, 4) is 5.75 Å². The Hall–Kier alpha value is -2.83. The van der Waals surface area contributed by atoms with Crippen LogP contribution in [0.3, 0.4) is 0 Å². The Balaban J connectivity index is 1.75. The van der Waals surface area contributed by atoms with E-state index in [0.717, 1.165) is 10.9 Å².